The molecule has 0 saturated carbocycles. The molecule has 1 aromatic carbocycles. The summed E-state index contributed by atoms with van der Waals surface area (Å²) in [6.45, 7) is 7.40. The molecule has 0 aromatic heterocycles. The molecule has 7 nitrogen and oxygen atoms in total. The molecular formula is C20H35N5O2. The average Bonchev–Trinajstić information content (AvgIpc) is 2.69. The van der Waals surface area contributed by atoms with Crippen molar-refractivity contribution in [2.75, 3.05) is 67.1 Å². The zero-order valence-corrected chi connectivity index (χ0v) is 17.0. The number of hydrogen-bond acceptors (Lipinski definition) is 5. The van der Waals surface area contributed by atoms with E-state index in [4.69, 9.17) is 15.2 Å². The molecule has 27 heavy (non-hydrogen) atoms. The molecule has 0 unspecified atom stereocenters. The predicted octanol–water partition coefficient (Wildman–Crippen LogP) is 1.18. The largest absolute Gasteiger partial charge is 0.493 e. The highest BCUT2D eigenvalue weighted by Gasteiger charge is 2.12. The van der Waals surface area contributed by atoms with Crippen LogP contribution < -0.4 is 20.5 Å². The van der Waals surface area contributed by atoms with Gasteiger partial charge in [-0.25, -0.2) is 0 Å². The summed E-state index contributed by atoms with van der Waals surface area (Å²) in [4.78, 5) is 9.34. The lowest BCUT2D eigenvalue weighted by Gasteiger charge is -2.32. The third-order valence-corrected chi connectivity index (χ3v) is 4.93. The number of piperazine rings is 1. The SMILES string of the molecule is COc1ccc(CCNC(N)=NCCCCN2CCN(C)CC2)cc1OC. The number of likely N-dealkylation sites (N-methyl/N-ethyl adjacent to an activating group) is 1. The van der Waals surface area contributed by atoms with Gasteiger partial charge in [-0.1, -0.05) is 6.07 Å². The topological polar surface area (TPSA) is 75.4 Å². The lowest BCUT2D eigenvalue weighted by molar-refractivity contribution is 0.152. The fourth-order valence-corrected chi connectivity index (χ4v) is 3.15. The second kappa shape index (κ2) is 11.7. The van der Waals surface area contributed by atoms with Crippen LogP contribution in [-0.4, -0.2) is 82.8 Å². The van der Waals surface area contributed by atoms with Crippen LogP contribution in [0.1, 0.15) is 18.4 Å². The fourth-order valence-electron chi connectivity index (χ4n) is 3.15. The number of nitrogens with zero attached hydrogens (tertiary/aromatic N) is 3. The highest BCUT2D eigenvalue weighted by molar-refractivity contribution is 5.77. The number of methoxy groups -OCH3 is 2. The normalized spacial score (nSPS) is 16.3. The van der Waals surface area contributed by atoms with Gasteiger partial charge in [-0.2, -0.15) is 0 Å². The van der Waals surface area contributed by atoms with Gasteiger partial charge in [0.05, 0.1) is 14.2 Å². The molecular weight excluding hydrogens is 342 g/mol. The van der Waals surface area contributed by atoms with E-state index < -0.39 is 0 Å². The van der Waals surface area contributed by atoms with Crippen molar-refractivity contribution in [2.24, 2.45) is 10.7 Å². The first-order chi connectivity index (χ1) is 13.1. The summed E-state index contributed by atoms with van der Waals surface area (Å²) in [5.41, 5.74) is 7.12. The second-order valence-corrected chi connectivity index (χ2v) is 6.99. The third-order valence-electron chi connectivity index (χ3n) is 4.93. The summed E-state index contributed by atoms with van der Waals surface area (Å²) in [7, 11) is 5.47. The Kier molecular flexibility index (Phi) is 9.21. The van der Waals surface area contributed by atoms with Gasteiger partial charge in [0, 0.05) is 39.3 Å². The molecule has 1 aliphatic heterocycles. The summed E-state index contributed by atoms with van der Waals surface area (Å²) < 4.78 is 10.6. The first kappa shape index (κ1) is 21.3. The zero-order valence-electron chi connectivity index (χ0n) is 17.0. The van der Waals surface area contributed by atoms with Gasteiger partial charge in [0.25, 0.3) is 0 Å². The summed E-state index contributed by atoms with van der Waals surface area (Å²) in [5.74, 6) is 2.01. The Morgan fingerprint density at radius 2 is 1.85 bits per heavy atom. The van der Waals surface area contributed by atoms with E-state index in [1.807, 2.05) is 18.2 Å². The Bertz CT molecular complexity index is 586. The molecule has 0 radical (unpaired) electrons. The molecule has 0 atom stereocenters. The zero-order chi connectivity index (χ0) is 19.5. The van der Waals surface area contributed by atoms with Crippen LogP contribution >= 0.6 is 0 Å². The van der Waals surface area contributed by atoms with Crippen LogP contribution in [0.3, 0.4) is 0 Å². The van der Waals surface area contributed by atoms with Crippen LogP contribution in [0.4, 0.5) is 0 Å². The van der Waals surface area contributed by atoms with E-state index >= 15 is 0 Å². The van der Waals surface area contributed by atoms with Gasteiger partial charge in [0.15, 0.2) is 17.5 Å². The summed E-state index contributed by atoms with van der Waals surface area (Å²) in [5, 5.41) is 3.18. The lowest BCUT2D eigenvalue weighted by atomic mass is 10.1. The lowest BCUT2D eigenvalue weighted by Crippen LogP contribution is -2.44. The third kappa shape index (κ3) is 7.64. The molecule has 1 aromatic rings. The van der Waals surface area contributed by atoms with Crippen LogP contribution in [0.15, 0.2) is 23.2 Å². The van der Waals surface area contributed by atoms with E-state index in [-0.39, 0.29) is 0 Å². The van der Waals surface area contributed by atoms with Gasteiger partial charge in [-0.15, -0.1) is 0 Å². The number of benzene rings is 1. The molecule has 152 valence electrons. The molecule has 2 rings (SSSR count). The van der Waals surface area contributed by atoms with Crippen LogP contribution in [0.5, 0.6) is 11.5 Å². The molecule has 7 heteroatoms. The summed E-state index contributed by atoms with van der Waals surface area (Å²) in [6, 6.07) is 5.95. The quantitative estimate of drug-likeness (QED) is 0.362. The Labute approximate surface area is 163 Å². The molecule has 0 amide bonds. The standard InChI is InChI=1S/C20H35N5O2/c1-24-12-14-25(15-13-24)11-5-4-9-22-20(21)23-10-8-17-6-7-18(26-2)19(16-17)27-3/h6-7,16H,4-5,8-15H2,1-3H3,(H3,21,22,23). The fraction of sp³-hybridized carbons (Fsp3) is 0.650. The molecule has 0 bridgehead atoms. The van der Waals surface area contributed by atoms with Crippen molar-refractivity contribution in [3.63, 3.8) is 0 Å². The van der Waals surface area contributed by atoms with Crippen molar-refractivity contribution in [1.82, 2.24) is 15.1 Å². The van der Waals surface area contributed by atoms with Crippen LogP contribution in [0.25, 0.3) is 0 Å². The summed E-state index contributed by atoms with van der Waals surface area (Å²) >= 11 is 0. The molecule has 0 aliphatic carbocycles. The van der Waals surface area contributed by atoms with Crippen molar-refractivity contribution in [1.29, 1.82) is 0 Å². The van der Waals surface area contributed by atoms with E-state index in [0.717, 1.165) is 44.0 Å². The first-order valence-electron chi connectivity index (χ1n) is 9.78. The summed E-state index contributed by atoms with van der Waals surface area (Å²) in [6.07, 6.45) is 3.09. The Morgan fingerprint density at radius 1 is 1.11 bits per heavy atom. The number of nitrogens with two attached hydrogens (primary N) is 1. The van der Waals surface area contributed by atoms with Crippen molar-refractivity contribution >= 4 is 5.96 Å². The molecule has 1 fully saturated rings. The van der Waals surface area contributed by atoms with Crippen molar-refractivity contribution in [3.8, 4) is 11.5 Å². The van der Waals surface area contributed by atoms with Gasteiger partial charge >= 0.3 is 0 Å². The van der Waals surface area contributed by atoms with Gasteiger partial charge in [-0.3, -0.25) is 4.99 Å². The van der Waals surface area contributed by atoms with Crippen LogP contribution in [-0.2, 0) is 6.42 Å². The van der Waals surface area contributed by atoms with Crippen LogP contribution in [0, 0.1) is 0 Å². The number of unbranched alkanes of at least 4 members (excludes halogenated alkanes) is 1. The number of rotatable bonds is 10. The molecule has 3 N–H and O–H groups in total. The van der Waals surface area contributed by atoms with Gasteiger partial charge < -0.3 is 30.3 Å². The maximum atomic E-state index is 5.96. The number of ether oxygens (including phenoxy) is 2. The Morgan fingerprint density at radius 3 is 2.56 bits per heavy atom. The minimum Gasteiger partial charge on any atom is -0.493 e. The minimum absolute atomic E-state index is 0.523. The van der Waals surface area contributed by atoms with Gasteiger partial charge in [0.1, 0.15) is 0 Å². The molecule has 1 heterocycles. The van der Waals surface area contributed by atoms with Gasteiger partial charge in [-0.05, 0) is 50.6 Å². The number of aliphatic imine (C=N–C) groups is 1. The number of hydrogen-bond donors (Lipinski definition) is 2. The Hall–Kier alpha value is -1.99. The number of nitrogens with one attached hydrogen (secondary N) is 1. The van der Waals surface area contributed by atoms with Crippen LogP contribution in [0.2, 0.25) is 0 Å². The monoisotopic (exact) mass is 377 g/mol. The van der Waals surface area contributed by atoms with Gasteiger partial charge in [0.2, 0.25) is 0 Å². The van der Waals surface area contributed by atoms with Crippen molar-refractivity contribution < 1.29 is 9.47 Å². The minimum atomic E-state index is 0.523. The van der Waals surface area contributed by atoms with E-state index in [0.29, 0.717) is 5.96 Å². The van der Waals surface area contributed by atoms with E-state index in [2.05, 4.69) is 27.2 Å². The van der Waals surface area contributed by atoms with Crippen molar-refractivity contribution in [3.05, 3.63) is 23.8 Å². The smallest absolute Gasteiger partial charge is 0.188 e. The average molecular weight is 378 g/mol. The highest BCUT2D eigenvalue weighted by atomic mass is 16.5. The van der Waals surface area contributed by atoms with Crippen molar-refractivity contribution in [2.45, 2.75) is 19.3 Å². The predicted molar refractivity (Wildman–Crippen MR) is 111 cm³/mol. The maximum absolute atomic E-state index is 5.96. The first-order valence-corrected chi connectivity index (χ1v) is 9.78. The number of guanidine groups is 1. The van der Waals surface area contributed by atoms with E-state index in [9.17, 15) is 0 Å². The molecule has 1 saturated heterocycles. The van der Waals surface area contributed by atoms with E-state index in [1.165, 1.54) is 38.2 Å². The molecule has 1 aliphatic rings. The maximum Gasteiger partial charge on any atom is 0.188 e. The Balaban J connectivity index is 1.59. The highest BCUT2D eigenvalue weighted by Crippen LogP contribution is 2.27. The van der Waals surface area contributed by atoms with E-state index in [1.54, 1.807) is 14.2 Å². The molecule has 0 spiro atoms. The second-order valence-electron chi connectivity index (χ2n) is 6.99.